The molecule has 0 unspecified atom stereocenters. The second-order valence-corrected chi connectivity index (χ2v) is 5.51. The summed E-state index contributed by atoms with van der Waals surface area (Å²) in [7, 11) is -3.76. The Hall–Kier alpha value is -2.07. The molecule has 0 fully saturated rings. The van der Waals surface area contributed by atoms with Crippen LogP contribution in [0.15, 0.2) is 29.4 Å². The van der Waals surface area contributed by atoms with Gasteiger partial charge in [0, 0.05) is 0 Å². The van der Waals surface area contributed by atoms with Crippen LogP contribution in [0.4, 0.5) is 5.95 Å². The largest absolute Gasteiger partial charge is 0.266 e. The van der Waals surface area contributed by atoms with Crippen molar-refractivity contribution >= 4 is 38.7 Å². The van der Waals surface area contributed by atoms with Crippen LogP contribution in [0, 0.1) is 0 Å². The molecule has 3 rings (SSSR count). The summed E-state index contributed by atoms with van der Waals surface area (Å²) < 4.78 is 34.5. The number of hydrogen-bond acceptors (Lipinski definition) is 7. The van der Waals surface area contributed by atoms with E-state index in [2.05, 4.69) is 28.7 Å². The Morgan fingerprint density at radius 3 is 2.94 bits per heavy atom. The van der Waals surface area contributed by atoms with E-state index in [-0.39, 0.29) is 10.8 Å². The zero-order valence-corrected chi connectivity index (χ0v) is 10.4. The first-order valence-electron chi connectivity index (χ1n) is 4.76. The molecule has 2 aromatic heterocycles. The van der Waals surface area contributed by atoms with Crippen LogP contribution in [0.5, 0.6) is 0 Å². The standard InChI is InChI=1S/C8H6N6O2S2/c15-18(16,14-8-9-4-10-11-8)6-3-1-2-5-7(6)13-17-12-5/h1-4H,(H2,9,10,11,14). The fraction of sp³-hybridized carbons (Fsp3) is 0. The molecule has 2 heterocycles. The van der Waals surface area contributed by atoms with E-state index in [0.29, 0.717) is 11.0 Å². The zero-order chi connectivity index (χ0) is 12.6. The highest BCUT2D eigenvalue weighted by Crippen LogP contribution is 2.22. The van der Waals surface area contributed by atoms with E-state index in [0.717, 1.165) is 11.7 Å². The Morgan fingerprint density at radius 2 is 2.17 bits per heavy atom. The molecule has 10 heteroatoms. The number of nitrogens with one attached hydrogen (secondary N) is 2. The molecule has 0 saturated heterocycles. The Labute approximate surface area is 105 Å². The summed E-state index contributed by atoms with van der Waals surface area (Å²) in [4.78, 5) is 3.76. The van der Waals surface area contributed by atoms with Gasteiger partial charge in [0.1, 0.15) is 22.3 Å². The molecule has 1 aromatic carbocycles. The highest BCUT2D eigenvalue weighted by molar-refractivity contribution is 7.93. The van der Waals surface area contributed by atoms with Gasteiger partial charge in [0.05, 0.1) is 11.7 Å². The lowest BCUT2D eigenvalue weighted by molar-refractivity contribution is 0.601. The minimum Gasteiger partial charge on any atom is -0.248 e. The van der Waals surface area contributed by atoms with Crippen molar-refractivity contribution in [2.75, 3.05) is 4.72 Å². The van der Waals surface area contributed by atoms with Crippen LogP contribution < -0.4 is 4.72 Å². The molecule has 0 radical (unpaired) electrons. The molecule has 0 aliphatic heterocycles. The number of nitrogens with zero attached hydrogens (tertiary/aromatic N) is 4. The van der Waals surface area contributed by atoms with Gasteiger partial charge in [0.2, 0.25) is 5.95 Å². The van der Waals surface area contributed by atoms with Gasteiger partial charge in [-0.25, -0.2) is 18.2 Å². The summed E-state index contributed by atoms with van der Waals surface area (Å²) in [5.74, 6) is 0.0511. The van der Waals surface area contributed by atoms with Gasteiger partial charge < -0.3 is 0 Å². The average Bonchev–Trinajstić information content (AvgIpc) is 2.97. The third-order valence-electron chi connectivity index (χ3n) is 2.18. The predicted molar refractivity (Wildman–Crippen MR) is 64.6 cm³/mol. The van der Waals surface area contributed by atoms with Crippen LogP contribution in [-0.4, -0.2) is 32.3 Å². The van der Waals surface area contributed by atoms with Gasteiger partial charge >= 0.3 is 0 Å². The number of benzene rings is 1. The topological polar surface area (TPSA) is 114 Å². The van der Waals surface area contributed by atoms with Crippen molar-refractivity contribution in [1.29, 1.82) is 0 Å². The lowest BCUT2D eigenvalue weighted by Crippen LogP contribution is -2.14. The van der Waals surface area contributed by atoms with E-state index in [1.165, 1.54) is 12.4 Å². The number of hydrogen-bond donors (Lipinski definition) is 2. The fourth-order valence-corrected chi connectivity index (χ4v) is 3.17. The summed E-state index contributed by atoms with van der Waals surface area (Å²) >= 11 is 0.963. The van der Waals surface area contributed by atoms with Crippen LogP contribution in [0.2, 0.25) is 0 Å². The molecule has 0 bridgehead atoms. The number of aromatic nitrogens is 5. The molecule has 0 saturated carbocycles. The van der Waals surface area contributed by atoms with E-state index in [1.807, 2.05) is 0 Å². The second-order valence-electron chi connectivity index (χ2n) is 3.33. The first kappa shape index (κ1) is 11.0. The molecule has 92 valence electrons. The van der Waals surface area contributed by atoms with E-state index >= 15 is 0 Å². The zero-order valence-electron chi connectivity index (χ0n) is 8.73. The van der Waals surface area contributed by atoms with Crippen molar-refractivity contribution in [1.82, 2.24) is 23.9 Å². The van der Waals surface area contributed by atoms with Crippen molar-refractivity contribution in [2.24, 2.45) is 0 Å². The van der Waals surface area contributed by atoms with Crippen LogP contribution in [0.25, 0.3) is 11.0 Å². The number of rotatable bonds is 3. The van der Waals surface area contributed by atoms with Gasteiger partial charge in [-0.1, -0.05) is 6.07 Å². The van der Waals surface area contributed by atoms with Gasteiger partial charge in [-0.2, -0.15) is 18.8 Å². The molecule has 8 nitrogen and oxygen atoms in total. The Morgan fingerprint density at radius 1 is 1.28 bits per heavy atom. The molecule has 3 aromatic rings. The van der Waals surface area contributed by atoms with Gasteiger partial charge in [-0.3, -0.25) is 0 Å². The van der Waals surface area contributed by atoms with Gasteiger partial charge in [0.25, 0.3) is 10.0 Å². The second kappa shape index (κ2) is 3.99. The maximum atomic E-state index is 12.1. The first-order valence-corrected chi connectivity index (χ1v) is 6.98. The smallest absolute Gasteiger partial charge is 0.248 e. The Bertz CT molecular complexity index is 779. The first-order chi connectivity index (χ1) is 8.67. The number of fused-ring (bicyclic) bond motifs is 1. The van der Waals surface area contributed by atoms with Crippen molar-refractivity contribution < 1.29 is 8.42 Å². The van der Waals surface area contributed by atoms with Gasteiger partial charge in [0.15, 0.2) is 0 Å². The van der Waals surface area contributed by atoms with Crippen LogP contribution >= 0.6 is 11.7 Å². The Balaban J connectivity index is 2.11. The Kier molecular flexibility index (Phi) is 2.45. The molecule has 0 atom stereocenters. The third kappa shape index (κ3) is 1.80. The SMILES string of the molecule is O=S(=O)(Nc1ncn[nH]1)c1cccc2nsnc12. The van der Waals surface area contributed by atoms with Gasteiger partial charge in [-0.15, -0.1) is 0 Å². The molecule has 0 amide bonds. The third-order valence-corrected chi connectivity index (χ3v) is 4.10. The lowest BCUT2D eigenvalue weighted by Gasteiger charge is -2.04. The highest BCUT2D eigenvalue weighted by Gasteiger charge is 2.20. The normalized spacial score (nSPS) is 11.8. The van der Waals surface area contributed by atoms with E-state index in [4.69, 9.17) is 0 Å². The van der Waals surface area contributed by atoms with E-state index in [1.54, 1.807) is 12.1 Å². The summed E-state index contributed by atoms with van der Waals surface area (Å²) in [6.07, 6.45) is 1.21. The van der Waals surface area contributed by atoms with Crippen LogP contribution in [0.1, 0.15) is 0 Å². The van der Waals surface area contributed by atoms with E-state index < -0.39 is 10.0 Å². The predicted octanol–water partition coefficient (Wildman–Crippen LogP) is 0.610. The average molecular weight is 282 g/mol. The summed E-state index contributed by atoms with van der Waals surface area (Å²) in [6, 6.07) is 4.77. The van der Waals surface area contributed by atoms with Gasteiger partial charge in [-0.05, 0) is 12.1 Å². The summed E-state index contributed by atoms with van der Waals surface area (Å²) in [6.45, 7) is 0. The quantitative estimate of drug-likeness (QED) is 0.727. The monoisotopic (exact) mass is 282 g/mol. The molecule has 0 aliphatic rings. The minimum absolute atomic E-state index is 0.0511. The van der Waals surface area contributed by atoms with Crippen molar-refractivity contribution in [3.05, 3.63) is 24.5 Å². The van der Waals surface area contributed by atoms with Crippen molar-refractivity contribution in [2.45, 2.75) is 4.90 Å². The van der Waals surface area contributed by atoms with Crippen molar-refractivity contribution in [3.63, 3.8) is 0 Å². The molecule has 2 N–H and O–H groups in total. The summed E-state index contributed by atoms with van der Waals surface area (Å²) in [5, 5.41) is 5.98. The molecule has 0 spiro atoms. The molecular formula is C8H6N6O2S2. The van der Waals surface area contributed by atoms with Crippen LogP contribution in [0.3, 0.4) is 0 Å². The fourth-order valence-electron chi connectivity index (χ4n) is 1.44. The maximum Gasteiger partial charge on any atom is 0.266 e. The van der Waals surface area contributed by atoms with Crippen LogP contribution in [-0.2, 0) is 10.0 Å². The molecule has 0 aliphatic carbocycles. The van der Waals surface area contributed by atoms with E-state index in [9.17, 15) is 8.42 Å². The van der Waals surface area contributed by atoms with Crippen molar-refractivity contribution in [3.8, 4) is 0 Å². The summed E-state index contributed by atoms with van der Waals surface area (Å²) in [5.41, 5.74) is 0.884. The lowest BCUT2D eigenvalue weighted by atomic mass is 10.3. The molecular weight excluding hydrogens is 276 g/mol. The highest BCUT2D eigenvalue weighted by atomic mass is 32.2. The minimum atomic E-state index is -3.76. The number of sulfonamides is 1. The number of aromatic amines is 1. The number of anilines is 1. The molecule has 18 heavy (non-hydrogen) atoms. The number of H-pyrrole nitrogens is 1. The maximum absolute atomic E-state index is 12.1.